The molecule has 0 atom stereocenters. The Kier molecular flexibility index (Phi) is 5.06. The molecule has 0 saturated carbocycles. The first kappa shape index (κ1) is 15.6. The van der Waals surface area contributed by atoms with Gasteiger partial charge in [0.2, 0.25) is 5.91 Å². The second-order valence-electron chi connectivity index (χ2n) is 5.21. The zero-order chi connectivity index (χ0) is 15.4. The molecule has 0 spiro atoms. The van der Waals surface area contributed by atoms with Gasteiger partial charge in [-0.2, -0.15) is 5.10 Å². The van der Waals surface area contributed by atoms with Gasteiger partial charge in [-0.1, -0.05) is 19.0 Å². The van der Waals surface area contributed by atoms with Gasteiger partial charge in [0.25, 0.3) is 0 Å². The van der Waals surface area contributed by atoms with Crippen LogP contribution in [0.15, 0.2) is 10.6 Å². The third-order valence-corrected chi connectivity index (χ3v) is 4.11. The molecule has 7 heteroatoms. The fourth-order valence-electron chi connectivity index (χ4n) is 1.83. The monoisotopic (exact) mass is 308 g/mol. The van der Waals surface area contributed by atoms with Crippen molar-refractivity contribution in [3.05, 3.63) is 28.8 Å². The molecule has 0 fully saturated rings. The molecule has 0 saturated heterocycles. The molecule has 1 amide bonds. The van der Waals surface area contributed by atoms with Crippen molar-refractivity contribution >= 4 is 23.5 Å². The largest absolute Gasteiger partial charge is 0.361 e. The van der Waals surface area contributed by atoms with Crippen LogP contribution < -0.4 is 5.32 Å². The van der Waals surface area contributed by atoms with Crippen molar-refractivity contribution in [1.82, 2.24) is 15.4 Å². The van der Waals surface area contributed by atoms with E-state index >= 15 is 0 Å². The number of hydrogen-bond donors (Lipinski definition) is 2. The van der Waals surface area contributed by atoms with E-state index in [4.69, 9.17) is 4.52 Å². The Morgan fingerprint density at radius 2 is 2.24 bits per heavy atom. The summed E-state index contributed by atoms with van der Waals surface area (Å²) in [7, 11) is 0. The highest BCUT2D eigenvalue weighted by Crippen LogP contribution is 2.20. The van der Waals surface area contributed by atoms with Gasteiger partial charge in [0, 0.05) is 23.1 Å². The van der Waals surface area contributed by atoms with Crippen molar-refractivity contribution in [1.29, 1.82) is 0 Å². The normalized spacial score (nSPS) is 11.1. The molecule has 2 N–H and O–H groups in total. The minimum atomic E-state index is -0.0615. The number of carbonyl (C=O) groups excluding carboxylic acids is 1. The van der Waals surface area contributed by atoms with E-state index in [1.54, 1.807) is 0 Å². The Hall–Kier alpha value is -1.76. The number of carbonyl (C=O) groups is 1. The summed E-state index contributed by atoms with van der Waals surface area (Å²) >= 11 is 1.53. The number of aryl methyl sites for hydroxylation is 2. The lowest BCUT2D eigenvalue weighted by molar-refractivity contribution is -0.113. The van der Waals surface area contributed by atoms with Crippen molar-refractivity contribution in [2.75, 3.05) is 11.1 Å². The van der Waals surface area contributed by atoms with Crippen molar-refractivity contribution in [2.24, 2.45) is 0 Å². The first-order valence-corrected chi connectivity index (χ1v) is 7.97. The third-order valence-electron chi connectivity index (χ3n) is 3.15. The number of aromatic amines is 1. The zero-order valence-corrected chi connectivity index (χ0v) is 13.5. The molecule has 2 aromatic rings. The summed E-state index contributed by atoms with van der Waals surface area (Å²) in [6.45, 7) is 7.92. The van der Waals surface area contributed by atoms with Crippen LogP contribution in [0.5, 0.6) is 0 Å². The molecule has 0 radical (unpaired) electrons. The Morgan fingerprint density at radius 1 is 1.48 bits per heavy atom. The van der Waals surface area contributed by atoms with Crippen LogP contribution in [-0.4, -0.2) is 27.0 Å². The molecular weight excluding hydrogens is 288 g/mol. The van der Waals surface area contributed by atoms with Crippen LogP contribution >= 0.6 is 11.8 Å². The quantitative estimate of drug-likeness (QED) is 0.857. The number of amides is 1. The van der Waals surface area contributed by atoms with Crippen LogP contribution in [0.3, 0.4) is 0 Å². The highest BCUT2D eigenvalue weighted by Gasteiger charge is 2.11. The first-order chi connectivity index (χ1) is 9.97. The number of H-pyrrole nitrogens is 1. The van der Waals surface area contributed by atoms with E-state index in [9.17, 15) is 4.79 Å². The number of nitrogens with one attached hydrogen (secondary N) is 2. The maximum atomic E-state index is 11.9. The van der Waals surface area contributed by atoms with Gasteiger partial charge in [0.1, 0.15) is 5.76 Å². The van der Waals surface area contributed by atoms with Crippen molar-refractivity contribution < 1.29 is 9.32 Å². The SMILES string of the molecule is Cc1noc(C)c1CSCC(=O)Nc1cc(C(C)C)[nH]n1. The van der Waals surface area contributed by atoms with Gasteiger partial charge in [0.05, 0.1) is 11.4 Å². The lowest BCUT2D eigenvalue weighted by Gasteiger charge is -2.02. The van der Waals surface area contributed by atoms with E-state index in [1.807, 2.05) is 19.9 Å². The molecule has 6 nitrogen and oxygen atoms in total. The molecule has 21 heavy (non-hydrogen) atoms. The molecule has 2 heterocycles. The van der Waals surface area contributed by atoms with Crippen LogP contribution in [0, 0.1) is 13.8 Å². The van der Waals surface area contributed by atoms with E-state index in [2.05, 4.69) is 34.5 Å². The molecule has 0 aromatic carbocycles. The van der Waals surface area contributed by atoms with Crippen LogP contribution in [0.2, 0.25) is 0 Å². The van der Waals surface area contributed by atoms with Gasteiger partial charge >= 0.3 is 0 Å². The Bertz CT molecular complexity index is 599. The third kappa shape index (κ3) is 4.10. The molecule has 0 bridgehead atoms. The Morgan fingerprint density at radius 3 is 2.81 bits per heavy atom. The lowest BCUT2D eigenvalue weighted by Crippen LogP contribution is -2.14. The summed E-state index contributed by atoms with van der Waals surface area (Å²) < 4.78 is 5.10. The van der Waals surface area contributed by atoms with E-state index in [0.29, 0.717) is 23.2 Å². The Balaban J connectivity index is 1.79. The minimum absolute atomic E-state index is 0.0615. The number of thioether (sulfide) groups is 1. The predicted octanol–water partition coefficient (Wildman–Crippen LogP) is 3.01. The standard InChI is InChI=1S/C14H20N4O2S/c1-8(2)12-5-13(17-16-12)15-14(19)7-21-6-11-9(3)18-20-10(11)4/h5,8H,6-7H2,1-4H3,(H2,15,16,17,19). The van der Waals surface area contributed by atoms with Gasteiger partial charge < -0.3 is 9.84 Å². The molecule has 2 rings (SSSR count). The molecule has 0 aliphatic rings. The summed E-state index contributed by atoms with van der Waals surface area (Å²) in [5.41, 5.74) is 2.96. The summed E-state index contributed by atoms with van der Waals surface area (Å²) in [6.07, 6.45) is 0. The van der Waals surface area contributed by atoms with E-state index < -0.39 is 0 Å². The number of aromatic nitrogens is 3. The van der Waals surface area contributed by atoms with Crippen LogP contribution in [0.4, 0.5) is 5.82 Å². The average molecular weight is 308 g/mol. The summed E-state index contributed by atoms with van der Waals surface area (Å²) in [5, 5.41) is 13.7. The van der Waals surface area contributed by atoms with Crippen molar-refractivity contribution in [3.8, 4) is 0 Å². The number of rotatable bonds is 6. The van der Waals surface area contributed by atoms with E-state index in [1.165, 1.54) is 11.8 Å². The zero-order valence-electron chi connectivity index (χ0n) is 12.7. The summed E-state index contributed by atoms with van der Waals surface area (Å²) in [5.74, 6) is 2.77. The number of nitrogens with zero attached hydrogens (tertiary/aromatic N) is 2. The minimum Gasteiger partial charge on any atom is -0.361 e. The fourth-order valence-corrected chi connectivity index (χ4v) is 2.80. The van der Waals surface area contributed by atoms with Gasteiger partial charge in [-0.05, 0) is 19.8 Å². The maximum absolute atomic E-state index is 11.9. The second kappa shape index (κ2) is 6.80. The smallest absolute Gasteiger partial charge is 0.235 e. The van der Waals surface area contributed by atoms with E-state index in [0.717, 1.165) is 22.7 Å². The molecular formula is C14H20N4O2S. The molecule has 0 unspecified atom stereocenters. The second-order valence-corrected chi connectivity index (χ2v) is 6.19. The highest BCUT2D eigenvalue weighted by molar-refractivity contribution is 7.99. The van der Waals surface area contributed by atoms with E-state index in [-0.39, 0.29) is 5.91 Å². The van der Waals surface area contributed by atoms with Crippen LogP contribution in [0.1, 0.15) is 42.5 Å². The lowest BCUT2D eigenvalue weighted by atomic mass is 10.1. The van der Waals surface area contributed by atoms with Gasteiger partial charge in [-0.25, -0.2) is 0 Å². The summed E-state index contributed by atoms with van der Waals surface area (Å²) in [4.78, 5) is 11.9. The predicted molar refractivity (Wildman–Crippen MR) is 83.4 cm³/mol. The fraction of sp³-hybridized carbons (Fsp3) is 0.500. The topological polar surface area (TPSA) is 83.8 Å². The first-order valence-electron chi connectivity index (χ1n) is 6.82. The highest BCUT2D eigenvalue weighted by atomic mass is 32.2. The van der Waals surface area contributed by atoms with Gasteiger partial charge in [0.15, 0.2) is 5.82 Å². The summed E-state index contributed by atoms with van der Waals surface area (Å²) in [6, 6.07) is 1.86. The number of anilines is 1. The molecule has 0 aliphatic heterocycles. The van der Waals surface area contributed by atoms with Gasteiger partial charge in [-0.3, -0.25) is 9.89 Å². The molecule has 0 aliphatic carbocycles. The average Bonchev–Trinajstić information content (AvgIpc) is 3.00. The van der Waals surface area contributed by atoms with Crippen molar-refractivity contribution in [3.63, 3.8) is 0 Å². The molecule has 2 aromatic heterocycles. The number of hydrogen-bond acceptors (Lipinski definition) is 5. The van der Waals surface area contributed by atoms with Crippen molar-refractivity contribution in [2.45, 2.75) is 39.4 Å². The molecule has 114 valence electrons. The van der Waals surface area contributed by atoms with Gasteiger partial charge in [-0.15, -0.1) is 11.8 Å². The van der Waals surface area contributed by atoms with Crippen LogP contribution in [-0.2, 0) is 10.5 Å². The van der Waals surface area contributed by atoms with Crippen LogP contribution in [0.25, 0.3) is 0 Å². The Labute approximate surface area is 128 Å². The maximum Gasteiger partial charge on any atom is 0.235 e.